The van der Waals surface area contributed by atoms with Gasteiger partial charge in [-0.1, -0.05) is 11.6 Å². The van der Waals surface area contributed by atoms with E-state index in [0.29, 0.717) is 22.9 Å². The van der Waals surface area contributed by atoms with Crippen molar-refractivity contribution in [3.05, 3.63) is 51.1 Å². The first-order valence-corrected chi connectivity index (χ1v) is 7.90. The summed E-state index contributed by atoms with van der Waals surface area (Å²) in [5.74, 6) is -0.0262. The van der Waals surface area contributed by atoms with E-state index in [-0.39, 0.29) is 5.57 Å². The van der Waals surface area contributed by atoms with Gasteiger partial charge in [0.05, 0.1) is 30.4 Å². The van der Waals surface area contributed by atoms with Gasteiger partial charge in [-0.25, -0.2) is 9.78 Å². The molecule has 23 heavy (non-hydrogen) atoms. The topological polar surface area (TPSA) is 57.7 Å². The molecule has 0 saturated heterocycles. The van der Waals surface area contributed by atoms with Crippen molar-refractivity contribution in [2.45, 2.75) is 13.5 Å². The molecule has 0 spiro atoms. The van der Waals surface area contributed by atoms with Crippen LogP contribution in [0.4, 0.5) is 0 Å². The summed E-state index contributed by atoms with van der Waals surface area (Å²) in [5.41, 5.74) is 0.737. The Kier molecular flexibility index (Phi) is 6.01. The van der Waals surface area contributed by atoms with Crippen LogP contribution in [-0.2, 0) is 20.9 Å². The summed E-state index contributed by atoms with van der Waals surface area (Å²) in [5, 5.41) is 1.45. The van der Waals surface area contributed by atoms with Crippen LogP contribution in [-0.4, -0.2) is 25.2 Å². The Morgan fingerprint density at radius 1 is 1.39 bits per heavy atom. The maximum Gasteiger partial charge on any atom is 0.341 e. The molecule has 0 aliphatic heterocycles. The second kappa shape index (κ2) is 7.99. The highest BCUT2D eigenvalue weighted by atomic mass is 35.5. The highest BCUT2D eigenvalue weighted by Gasteiger charge is 2.18. The van der Waals surface area contributed by atoms with Crippen LogP contribution in [0.2, 0.25) is 5.02 Å². The van der Waals surface area contributed by atoms with E-state index in [2.05, 4.69) is 4.98 Å². The number of hydrogen-bond acceptors (Lipinski definition) is 6. The summed E-state index contributed by atoms with van der Waals surface area (Å²) in [7, 11) is 2.76. The van der Waals surface area contributed by atoms with Gasteiger partial charge < -0.3 is 14.2 Å². The number of nitrogens with zero attached hydrogens (tertiary/aromatic N) is 1. The molecule has 0 radical (unpaired) electrons. The van der Waals surface area contributed by atoms with Crippen molar-refractivity contribution in [3.63, 3.8) is 0 Å². The zero-order valence-corrected chi connectivity index (χ0v) is 14.5. The fourth-order valence-corrected chi connectivity index (χ4v) is 2.79. The highest BCUT2D eigenvalue weighted by molar-refractivity contribution is 7.11. The zero-order chi connectivity index (χ0) is 16.8. The summed E-state index contributed by atoms with van der Waals surface area (Å²) < 4.78 is 15.6. The Labute approximate surface area is 143 Å². The largest absolute Gasteiger partial charge is 0.503 e. The van der Waals surface area contributed by atoms with E-state index in [9.17, 15) is 4.79 Å². The van der Waals surface area contributed by atoms with E-state index in [1.165, 1.54) is 20.5 Å². The van der Waals surface area contributed by atoms with Crippen molar-refractivity contribution in [1.82, 2.24) is 4.98 Å². The van der Waals surface area contributed by atoms with Crippen LogP contribution in [0.1, 0.15) is 15.4 Å². The number of aryl methyl sites for hydroxylation is 1. The summed E-state index contributed by atoms with van der Waals surface area (Å²) in [6, 6.07) is 5.04. The minimum absolute atomic E-state index is 0.230. The van der Waals surface area contributed by atoms with Crippen molar-refractivity contribution >= 4 is 34.5 Å². The van der Waals surface area contributed by atoms with Gasteiger partial charge in [0.2, 0.25) is 0 Å². The van der Waals surface area contributed by atoms with E-state index >= 15 is 0 Å². The van der Waals surface area contributed by atoms with Crippen LogP contribution in [0, 0.1) is 6.92 Å². The van der Waals surface area contributed by atoms with E-state index in [0.717, 1.165) is 9.88 Å². The standard InChI is InChI=1S/C16H16ClNO4S/c1-10-18-7-12(23-10)8-22-15-5-4-11(17)6-13(15)14(9-20-2)16(19)21-3/h4-7,9H,8H2,1-3H3. The van der Waals surface area contributed by atoms with Gasteiger partial charge >= 0.3 is 5.97 Å². The second-order valence-electron chi connectivity index (χ2n) is 4.53. The van der Waals surface area contributed by atoms with Crippen molar-refractivity contribution in [3.8, 4) is 5.75 Å². The van der Waals surface area contributed by atoms with Crippen LogP contribution >= 0.6 is 22.9 Å². The molecular weight excluding hydrogens is 338 g/mol. The van der Waals surface area contributed by atoms with Gasteiger partial charge in [-0.05, 0) is 25.1 Å². The molecule has 0 amide bonds. The molecule has 5 nitrogen and oxygen atoms in total. The van der Waals surface area contributed by atoms with Crippen molar-refractivity contribution < 1.29 is 19.0 Å². The molecule has 1 heterocycles. The lowest BCUT2D eigenvalue weighted by atomic mass is 10.1. The van der Waals surface area contributed by atoms with Gasteiger partial charge in [0.15, 0.2) is 0 Å². The van der Waals surface area contributed by atoms with Crippen LogP contribution in [0.5, 0.6) is 5.75 Å². The summed E-state index contributed by atoms with van der Waals surface area (Å²) in [4.78, 5) is 17.1. The first-order valence-electron chi connectivity index (χ1n) is 6.70. The average molecular weight is 354 g/mol. The van der Waals surface area contributed by atoms with E-state index in [4.69, 9.17) is 25.8 Å². The number of esters is 1. The van der Waals surface area contributed by atoms with E-state index < -0.39 is 5.97 Å². The molecule has 0 fully saturated rings. The minimum Gasteiger partial charge on any atom is -0.503 e. The van der Waals surface area contributed by atoms with Crippen LogP contribution in [0.15, 0.2) is 30.7 Å². The lowest BCUT2D eigenvalue weighted by molar-refractivity contribution is -0.133. The Morgan fingerprint density at radius 2 is 2.17 bits per heavy atom. The third-order valence-electron chi connectivity index (χ3n) is 2.91. The monoisotopic (exact) mass is 353 g/mol. The summed E-state index contributed by atoms with van der Waals surface area (Å²) >= 11 is 7.60. The van der Waals surface area contributed by atoms with Gasteiger partial charge in [0, 0.05) is 16.8 Å². The summed E-state index contributed by atoms with van der Waals surface area (Å²) in [6.07, 6.45) is 3.07. The number of halogens is 1. The highest BCUT2D eigenvalue weighted by Crippen LogP contribution is 2.31. The Morgan fingerprint density at radius 3 is 2.78 bits per heavy atom. The molecule has 0 unspecified atom stereocenters. The van der Waals surface area contributed by atoms with Crippen molar-refractivity contribution in [2.24, 2.45) is 0 Å². The number of ether oxygens (including phenoxy) is 3. The number of methoxy groups -OCH3 is 2. The Bertz CT molecular complexity index is 727. The fourth-order valence-electron chi connectivity index (χ4n) is 1.91. The lowest BCUT2D eigenvalue weighted by Gasteiger charge is -2.13. The fraction of sp³-hybridized carbons (Fsp3) is 0.250. The number of hydrogen-bond donors (Lipinski definition) is 0. The molecule has 2 rings (SSSR count). The van der Waals surface area contributed by atoms with Gasteiger partial charge in [-0.15, -0.1) is 11.3 Å². The van der Waals surface area contributed by atoms with Gasteiger partial charge in [-0.3, -0.25) is 0 Å². The molecule has 0 N–H and O–H groups in total. The van der Waals surface area contributed by atoms with Gasteiger partial charge in [0.1, 0.15) is 17.9 Å². The minimum atomic E-state index is -0.535. The third-order valence-corrected chi connectivity index (χ3v) is 4.03. The molecule has 122 valence electrons. The summed E-state index contributed by atoms with van der Waals surface area (Å²) in [6.45, 7) is 2.28. The predicted molar refractivity (Wildman–Crippen MR) is 89.6 cm³/mol. The quantitative estimate of drug-likeness (QED) is 0.448. The SMILES string of the molecule is COC=C(C(=O)OC)c1cc(Cl)ccc1OCc1cnc(C)s1. The maximum absolute atomic E-state index is 12.0. The molecular formula is C16H16ClNO4S. The predicted octanol–water partition coefficient (Wildman–Crippen LogP) is 3.84. The van der Waals surface area contributed by atoms with Crippen LogP contribution in [0.3, 0.4) is 0 Å². The van der Waals surface area contributed by atoms with Gasteiger partial charge in [0.25, 0.3) is 0 Å². The molecule has 0 saturated carbocycles. The maximum atomic E-state index is 12.0. The third kappa shape index (κ3) is 4.46. The van der Waals surface area contributed by atoms with Crippen molar-refractivity contribution in [1.29, 1.82) is 0 Å². The second-order valence-corrected chi connectivity index (χ2v) is 6.29. The Hall–Kier alpha value is -2.05. The number of aromatic nitrogens is 1. The smallest absolute Gasteiger partial charge is 0.341 e. The first-order chi connectivity index (χ1) is 11.0. The molecule has 0 aliphatic carbocycles. The molecule has 0 bridgehead atoms. The lowest BCUT2D eigenvalue weighted by Crippen LogP contribution is -2.07. The van der Waals surface area contributed by atoms with E-state index in [1.54, 1.807) is 35.7 Å². The normalized spacial score (nSPS) is 11.2. The van der Waals surface area contributed by atoms with Crippen molar-refractivity contribution in [2.75, 3.05) is 14.2 Å². The number of thiazole rings is 1. The number of carbonyl (C=O) groups excluding carboxylic acids is 1. The van der Waals surface area contributed by atoms with Gasteiger partial charge in [-0.2, -0.15) is 0 Å². The molecule has 0 aliphatic rings. The van der Waals surface area contributed by atoms with E-state index in [1.807, 2.05) is 6.92 Å². The Balaban J connectivity index is 2.32. The first kappa shape index (κ1) is 17.3. The number of rotatable bonds is 6. The zero-order valence-electron chi connectivity index (χ0n) is 13.0. The number of benzene rings is 1. The molecule has 0 atom stereocenters. The molecule has 1 aromatic heterocycles. The average Bonchev–Trinajstić information content (AvgIpc) is 2.96. The molecule has 7 heteroatoms. The molecule has 1 aromatic carbocycles. The van der Waals surface area contributed by atoms with Crippen LogP contribution in [0.25, 0.3) is 5.57 Å². The molecule has 2 aromatic rings. The van der Waals surface area contributed by atoms with Crippen LogP contribution < -0.4 is 4.74 Å². The number of carbonyl (C=O) groups is 1.